The first-order valence-electron chi connectivity index (χ1n) is 9.35. The Morgan fingerprint density at radius 3 is 2.31 bits per heavy atom. The summed E-state index contributed by atoms with van der Waals surface area (Å²) in [7, 11) is 1.55. The molecule has 1 aliphatic heterocycles. The molecule has 1 aromatic carbocycles. The summed E-state index contributed by atoms with van der Waals surface area (Å²) < 4.78 is 5.29. The molecule has 8 heteroatoms. The number of hydrogen-bond acceptors (Lipinski definition) is 5. The number of piperazine rings is 1. The third-order valence-electron chi connectivity index (χ3n) is 4.98. The first-order valence-corrected chi connectivity index (χ1v) is 9.35. The molecule has 0 bridgehead atoms. The lowest BCUT2D eigenvalue weighted by Crippen LogP contribution is -2.50. The van der Waals surface area contributed by atoms with Gasteiger partial charge in [-0.05, 0) is 30.3 Å². The van der Waals surface area contributed by atoms with Crippen molar-refractivity contribution in [1.29, 1.82) is 0 Å². The van der Waals surface area contributed by atoms with Crippen molar-refractivity contribution in [2.24, 2.45) is 0 Å². The molecule has 0 spiro atoms. The van der Waals surface area contributed by atoms with Crippen LogP contribution in [0.5, 0.6) is 5.75 Å². The predicted molar refractivity (Wildman–Crippen MR) is 107 cm³/mol. The summed E-state index contributed by atoms with van der Waals surface area (Å²) in [4.78, 5) is 33.1. The van der Waals surface area contributed by atoms with E-state index in [1.807, 2.05) is 24.3 Å². The van der Waals surface area contributed by atoms with E-state index < -0.39 is 0 Å². The average Bonchev–Trinajstić information content (AvgIpc) is 3.29. The van der Waals surface area contributed by atoms with Gasteiger partial charge in [0.25, 0.3) is 11.8 Å². The van der Waals surface area contributed by atoms with Gasteiger partial charge in [0.05, 0.1) is 18.4 Å². The van der Waals surface area contributed by atoms with E-state index in [9.17, 15) is 9.59 Å². The molecule has 3 aromatic rings. The van der Waals surface area contributed by atoms with Gasteiger partial charge < -0.3 is 14.5 Å². The molecular weight excluding hydrogens is 370 g/mol. The zero-order valence-corrected chi connectivity index (χ0v) is 16.0. The van der Waals surface area contributed by atoms with Gasteiger partial charge in [-0.1, -0.05) is 12.1 Å². The maximum Gasteiger partial charge on any atom is 0.272 e. The van der Waals surface area contributed by atoms with E-state index in [-0.39, 0.29) is 11.8 Å². The lowest BCUT2D eigenvalue weighted by Gasteiger charge is -2.34. The smallest absolute Gasteiger partial charge is 0.272 e. The number of amides is 2. The summed E-state index contributed by atoms with van der Waals surface area (Å²) in [6.07, 6.45) is 3.37. The summed E-state index contributed by atoms with van der Waals surface area (Å²) in [6.45, 7) is 1.86. The van der Waals surface area contributed by atoms with Crippen LogP contribution in [0.15, 0.2) is 54.9 Å². The van der Waals surface area contributed by atoms with Crippen LogP contribution >= 0.6 is 0 Å². The number of hydrogen-bond donors (Lipinski definition) is 1. The maximum absolute atomic E-state index is 12.8. The van der Waals surface area contributed by atoms with E-state index in [2.05, 4.69) is 15.2 Å². The first-order chi connectivity index (χ1) is 14.2. The molecule has 0 aliphatic carbocycles. The summed E-state index contributed by atoms with van der Waals surface area (Å²) in [5.41, 5.74) is 2.55. The molecule has 4 rings (SSSR count). The molecule has 0 atom stereocenters. The molecule has 1 N–H and O–H groups in total. The van der Waals surface area contributed by atoms with E-state index in [1.165, 1.54) is 0 Å². The number of ether oxygens (including phenoxy) is 1. The van der Waals surface area contributed by atoms with Crippen molar-refractivity contribution in [3.05, 3.63) is 66.1 Å². The largest absolute Gasteiger partial charge is 0.496 e. The molecule has 29 heavy (non-hydrogen) atoms. The van der Waals surface area contributed by atoms with Crippen molar-refractivity contribution in [3.63, 3.8) is 0 Å². The molecule has 1 saturated heterocycles. The number of carbonyl (C=O) groups excluding carboxylic acids is 2. The van der Waals surface area contributed by atoms with Crippen LogP contribution in [-0.2, 0) is 0 Å². The molecule has 0 unspecified atom stereocenters. The Morgan fingerprint density at radius 1 is 0.966 bits per heavy atom. The molecule has 2 aromatic heterocycles. The molecule has 1 fully saturated rings. The molecule has 0 saturated carbocycles. The summed E-state index contributed by atoms with van der Waals surface area (Å²) in [5, 5.41) is 7.04. The number of carbonyl (C=O) groups is 2. The average molecular weight is 391 g/mol. The van der Waals surface area contributed by atoms with E-state index in [4.69, 9.17) is 4.74 Å². The molecule has 2 amide bonds. The SMILES string of the molecule is COc1ccccc1C(=O)N1CCN(C(=O)c2cc(-c3ccncc3)n[nH]2)CC1. The van der Waals surface area contributed by atoms with Gasteiger partial charge in [-0.2, -0.15) is 5.10 Å². The van der Waals surface area contributed by atoms with Crippen LogP contribution in [0.25, 0.3) is 11.3 Å². The number of aromatic amines is 1. The third kappa shape index (κ3) is 3.82. The number of rotatable bonds is 4. The second-order valence-corrected chi connectivity index (χ2v) is 6.69. The van der Waals surface area contributed by atoms with E-state index in [1.54, 1.807) is 47.5 Å². The van der Waals surface area contributed by atoms with Gasteiger partial charge in [0, 0.05) is 44.1 Å². The van der Waals surface area contributed by atoms with Gasteiger partial charge in [-0.15, -0.1) is 0 Å². The van der Waals surface area contributed by atoms with E-state index in [0.717, 1.165) is 5.56 Å². The Labute approximate surface area is 168 Å². The Morgan fingerprint density at radius 2 is 1.62 bits per heavy atom. The van der Waals surface area contributed by atoms with Gasteiger partial charge in [0.1, 0.15) is 11.4 Å². The fourth-order valence-electron chi connectivity index (χ4n) is 3.38. The molecular formula is C21H21N5O3. The van der Waals surface area contributed by atoms with E-state index in [0.29, 0.717) is 48.9 Å². The van der Waals surface area contributed by atoms with Crippen LogP contribution in [-0.4, -0.2) is 70.1 Å². The lowest BCUT2D eigenvalue weighted by atomic mass is 10.1. The standard InChI is InChI=1S/C21H21N5O3/c1-29-19-5-3-2-4-16(19)20(27)25-10-12-26(13-11-25)21(28)18-14-17(23-24-18)15-6-8-22-9-7-15/h2-9,14H,10-13H2,1H3,(H,23,24). The number of pyridine rings is 1. The highest BCUT2D eigenvalue weighted by Gasteiger charge is 2.27. The first kappa shape index (κ1) is 18.7. The number of H-pyrrole nitrogens is 1. The fourth-order valence-corrected chi connectivity index (χ4v) is 3.38. The zero-order valence-electron chi connectivity index (χ0n) is 16.0. The number of benzene rings is 1. The summed E-state index contributed by atoms with van der Waals surface area (Å²) in [6, 6.07) is 12.6. The van der Waals surface area contributed by atoms with Gasteiger partial charge in [-0.25, -0.2) is 0 Å². The monoisotopic (exact) mass is 391 g/mol. The minimum absolute atomic E-state index is 0.0870. The zero-order chi connectivity index (χ0) is 20.2. The number of nitrogens with one attached hydrogen (secondary N) is 1. The van der Waals surface area contributed by atoms with Crippen LogP contribution in [0.3, 0.4) is 0 Å². The van der Waals surface area contributed by atoms with Gasteiger partial charge >= 0.3 is 0 Å². The van der Waals surface area contributed by atoms with Crippen molar-refractivity contribution in [1.82, 2.24) is 25.0 Å². The van der Waals surface area contributed by atoms with Gasteiger partial charge in [0.15, 0.2) is 0 Å². The minimum Gasteiger partial charge on any atom is -0.496 e. The van der Waals surface area contributed by atoms with Crippen LogP contribution in [0.2, 0.25) is 0 Å². The maximum atomic E-state index is 12.8. The molecule has 8 nitrogen and oxygen atoms in total. The lowest BCUT2D eigenvalue weighted by molar-refractivity contribution is 0.0530. The summed E-state index contributed by atoms with van der Waals surface area (Å²) >= 11 is 0. The van der Waals surface area contributed by atoms with Crippen molar-refractivity contribution in [2.45, 2.75) is 0 Å². The number of nitrogens with zero attached hydrogens (tertiary/aromatic N) is 4. The molecule has 148 valence electrons. The summed E-state index contributed by atoms with van der Waals surface area (Å²) in [5.74, 6) is 0.343. The second kappa shape index (κ2) is 8.14. The van der Waals surface area contributed by atoms with Crippen molar-refractivity contribution in [3.8, 4) is 17.0 Å². The topological polar surface area (TPSA) is 91.4 Å². The molecule has 3 heterocycles. The highest BCUT2D eigenvalue weighted by atomic mass is 16.5. The predicted octanol–water partition coefficient (Wildman–Crippen LogP) is 2.08. The van der Waals surface area contributed by atoms with Crippen LogP contribution in [0.4, 0.5) is 0 Å². The van der Waals surface area contributed by atoms with E-state index >= 15 is 0 Å². The number of aromatic nitrogens is 3. The fraction of sp³-hybridized carbons (Fsp3) is 0.238. The second-order valence-electron chi connectivity index (χ2n) is 6.69. The van der Waals surface area contributed by atoms with Crippen molar-refractivity contribution < 1.29 is 14.3 Å². The quantitative estimate of drug-likeness (QED) is 0.735. The van der Waals surface area contributed by atoms with Crippen molar-refractivity contribution in [2.75, 3.05) is 33.3 Å². The molecule has 0 radical (unpaired) electrons. The van der Waals surface area contributed by atoms with Crippen LogP contribution in [0.1, 0.15) is 20.8 Å². The van der Waals surface area contributed by atoms with Crippen molar-refractivity contribution >= 4 is 11.8 Å². The van der Waals surface area contributed by atoms with Gasteiger partial charge in [-0.3, -0.25) is 19.7 Å². The van der Waals surface area contributed by atoms with Gasteiger partial charge in [0.2, 0.25) is 0 Å². The minimum atomic E-state index is -0.123. The third-order valence-corrected chi connectivity index (χ3v) is 4.98. The highest BCUT2D eigenvalue weighted by molar-refractivity contribution is 5.97. The normalized spacial score (nSPS) is 14.0. The Kier molecular flexibility index (Phi) is 5.24. The number of para-hydroxylation sites is 1. The number of methoxy groups -OCH3 is 1. The van der Waals surface area contributed by atoms with Crippen LogP contribution < -0.4 is 4.74 Å². The van der Waals surface area contributed by atoms with Crippen LogP contribution in [0, 0.1) is 0 Å². The molecule has 1 aliphatic rings. The highest BCUT2D eigenvalue weighted by Crippen LogP contribution is 2.21. The Balaban J connectivity index is 1.40. The Bertz CT molecular complexity index is 1010. The Hall–Kier alpha value is -3.68.